The number of nitrogens with one attached hydrogen (secondary N) is 2. The molecule has 0 spiro atoms. The Morgan fingerprint density at radius 3 is 2.67 bits per heavy atom. The third-order valence-electron chi connectivity index (χ3n) is 4.25. The molecule has 1 amide bonds. The van der Waals surface area contributed by atoms with Gasteiger partial charge in [-0.05, 0) is 36.2 Å². The van der Waals surface area contributed by atoms with Crippen LogP contribution in [-0.2, 0) is 17.8 Å². The number of aliphatic hydroxyl groups is 1. The summed E-state index contributed by atoms with van der Waals surface area (Å²) >= 11 is 0. The molecule has 3 rings (SSSR count). The first kappa shape index (κ1) is 18.7. The van der Waals surface area contributed by atoms with Gasteiger partial charge in [0.15, 0.2) is 0 Å². The monoisotopic (exact) mass is 368 g/mol. The number of aliphatic hydroxyl groups excluding tert-OH is 1. The van der Waals surface area contributed by atoms with Crippen LogP contribution in [-0.4, -0.2) is 47.4 Å². The zero-order chi connectivity index (χ0) is 19.1. The molecular weight excluding hydrogens is 344 g/mol. The van der Waals surface area contributed by atoms with E-state index in [1.54, 1.807) is 7.11 Å². The molecule has 0 bridgehead atoms. The van der Waals surface area contributed by atoms with Crippen LogP contribution in [0.25, 0.3) is 11.0 Å². The molecule has 27 heavy (non-hydrogen) atoms. The largest absolute Gasteiger partial charge is 0.497 e. The fourth-order valence-electron chi connectivity index (χ4n) is 2.88. The van der Waals surface area contributed by atoms with Gasteiger partial charge < -0.3 is 25.0 Å². The Hall–Kier alpha value is -3.06. The minimum absolute atomic E-state index is 0.00272. The Bertz CT molecular complexity index is 890. The van der Waals surface area contributed by atoms with Gasteiger partial charge in [0.2, 0.25) is 11.9 Å². The highest BCUT2D eigenvalue weighted by molar-refractivity contribution is 5.83. The number of carbonyl (C=O) groups excluding carboxylic acids is 1. The average molecular weight is 368 g/mol. The third-order valence-corrected chi connectivity index (χ3v) is 4.25. The van der Waals surface area contributed by atoms with Gasteiger partial charge in [0.05, 0.1) is 24.8 Å². The van der Waals surface area contributed by atoms with Crippen molar-refractivity contribution in [3.05, 3.63) is 54.1 Å². The summed E-state index contributed by atoms with van der Waals surface area (Å²) in [4.78, 5) is 16.9. The Balaban J connectivity index is 1.61. The van der Waals surface area contributed by atoms with E-state index in [1.807, 2.05) is 53.1 Å². The number of amides is 1. The first-order valence-corrected chi connectivity index (χ1v) is 8.91. The third kappa shape index (κ3) is 4.77. The Kier molecular flexibility index (Phi) is 6.27. The summed E-state index contributed by atoms with van der Waals surface area (Å²) < 4.78 is 6.97. The number of imidazole rings is 1. The number of para-hydroxylation sites is 2. The molecular formula is C20H24N4O3. The number of benzene rings is 2. The van der Waals surface area contributed by atoms with Gasteiger partial charge in [-0.25, -0.2) is 4.98 Å². The van der Waals surface area contributed by atoms with Crippen LogP contribution in [0.1, 0.15) is 5.56 Å². The van der Waals surface area contributed by atoms with Gasteiger partial charge in [0.25, 0.3) is 0 Å². The van der Waals surface area contributed by atoms with Crippen molar-refractivity contribution in [3.8, 4) is 5.75 Å². The number of fused-ring (bicyclic) bond motifs is 1. The molecule has 0 aliphatic carbocycles. The predicted molar refractivity (Wildman–Crippen MR) is 105 cm³/mol. The van der Waals surface area contributed by atoms with Gasteiger partial charge in [-0.3, -0.25) is 4.79 Å². The number of carbonyl (C=O) groups is 1. The number of anilines is 1. The molecule has 3 N–H and O–H groups in total. The molecule has 0 aliphatic heterocycles. The lowest BCUT2D eigenvalue weighted by atomic mass is 10.1. The van der Waals surface area contributed by atoms with Gasteiger partial charge in [-0.15, -0.1) is 0 Å². The molecule has 7 heteroatoms. The molecule has 0 unspecified atom stereocenters. The van der Waals surface area contributed by atoms with Crippen LogP contribution in [0.3, 0.4) is 0 Å². The van der Waals surface area contributed by atoms with Gasteiger partial charge in [0, 0.05) is 13.1 Å². The second-order valence-electron chi connectivity index (χ2n) is 6.11. The van der Waals surface area contributed by atoms with Gasteiger partial charge >= 0.3 is 0 Å². The molecule has 2 aromatic carbocycles. The SMILES string of the molecule is COc1ccc(CCNC(=O)Cn2c(NCCO)nc3ccccc32)cc1. The average Bonchev–Trinajstić information content (AvgIpc) is 3.04. The van der Waals surface area contributed by atoms with Crippen LogP contribution in [0.4, 0.5) is 5.95 Å². The maximum absolute atomic E-state index is 12.4. The maximum atomic E-state index is 12.4. The zero-order valence-corrected chi connectivity index (χ0v) is 15.3. The van der Waals surface area contributed by atoms with E-state index in [-0.39, 0.29) is 19.1 Å². The lowest BCUT2D eigenvalue weighted by Crippen LogP contribution is -2.30. The zero-order valence-electron chi connectivity index (χ0n) is 15.3. The quantitative estimate of drug-likeness (QED) is 0.536. The van der Waals surface area contributed by atoms with Gasteiger partial charge in [-0.1, -0.05) is 24.3 Å². The summed E-state index contributed by atoms with van der Waals surface area (Å²) in [7, 11) is 1.64. The molecule has 0 fully saturated rings. The molecule has 0 aliphatic rings. The van der Waals surface area contributed by atoms with E-state index in [9.17, 15) is 4.79 Å². The van der Waals surface area contributed by atoms with Crippen molar-refractivity contribution in [1.82, 2.24) is 14.9 Å². The van der Waals surface area contributed by atoms with Gasteiger partial charge in [-0.2, -0.15) is 0 Å². The van der Waals surface area contributed by atoms with Crippen molar-refractivity contribution in [3.63, 3.8) is 0 Å². The first-order chi connectivity index (χ1) is 13.2. The second kappa shape index (κ2) is 9.05. The molecule has 0 saturated carbocycles. The number of methoxy groups -OCH3 is 1. The van der Waals surface area contributed by atoms with E-state index in [4.69, 9.17) is 9.84 Å². The van der Waals surface area contributed by atoms with E-state index >= 15 is 0 Å². The molecule has 1 heterocycles. The molecule has 0 atom stereocenters. The number of aromatic nitrogens is 2. The van der Waals surface area contributed by atoms with E-state index in [0.717, 1.165) is 28.8 Å². The van der Waals surface area contributed by atoms with Crippen molar-refractivity contribution in [2.75, 3.05) is 32.1 Å². The number of nitrogens with zero attached hydrogens (tertiary/aromatic N) is 2. The Labute approximate surface area is 158 Å². The number of rotatable bonds is 9. The normalized spacial score (nSPS) is 10.7. The summed E-state index contributed by atoms with van der Waals surface area (Å²) in [6.45, 7) is 1.09. The summed E-state index contributed by atoms with van der Waals surface area (Å²) in [6.07, 6.45) is 0.746. The van der Waals surface area contributed by atoms with Crippen LogP contribution < -0.4 is 15.4 Å². The molecule has 7 nitrogen and oxygen atoms in total. The Morgan fingerprint density at radius 1 is 1.15 bits per heavy atom. The maximum Gasteiger partial charge on any atom is 0.240 e. The Morgan fingerprint density at radius 2 is 1.93 bits per heavy atom. The van der Waals surface area contributed by atoms with Crippen LogP contribution in [0, 0.1) is 0 Å². The minimum Gasteiger partial charge on any atom is -0.497 e. The summed E-state index contributed by atoms with van der Waals surface area (Å²) in [5.74, 6) is 1.31. The van der Waals surface area contributed by atoms with Gasteiger partial charge in [0.1, 0.15) is 12.3 Å². The van der Waals surface area contributed by atoms with E-state index in [1.165, 1.54) is 0 Å². The molecule has 3 aromatic rings. The van der Waals surface area contributed by atoms with Crippen molar-refractivity contribution in [2.45, 2.75) is 13.0 Å². The smallest absolute Gasteiger partial charge is 0.240 e. The highest BCUT2D eigenvalue weighted by Crippen LogP contribution is 2.19. The fourth-order valence-corrected chi connectivity index (χ4v) is 2.88. The minimum atomic E-state index is -0.0845. The topological polar surface area (TPSA) is 88.4 Å². The highest BCUT2D eigenvalue weighted by Gasteiger charge is 2.13. The van der Waals surface area contributed by atoms with E-state index in [0.29, 0.717) is 19.0 Å². The summed E-state index contributed by atoms with van der Waals surface area (Å²) in [5, 5.41) is 15.1. The standard InChI is InChI=1S/C20H24N4O3/c1-27-16-8-6-15(7-9-16)10-11-21-19(26)14-24-18-5-3-2-4-17(18)23-20(24)22-12-13-25/h2-9,25H,10-14H2,1H3,(H,21,26)(H,22,23). The van der Waals surface area contributed by atoms with Crippen molar-refractivity contribution < 1.29 is 14.6 Å². The van der Waals surface area contributed by atoms with Crippen molar-refractivity contribution in [1.29, 1.82) is 0 Å². The van der Waals surface area contributed by atoms with Crippen molar-refractivity contribution in [2.24, 2.45) is 0 Å². The fraction of sp³-hybridized carbons (Fsp3) is 0.300. The highest BCUT2D eigenvalue weighted by atomic mass is 16.5. The van der Waals surface area contributed by atoms with Crippen LogP contribution >= 0.6 is 0 Å². The molecule has 1 aromatic heterocycles. The number of hydrogen-bond donors (Lipinski definition) is 3. The second-order valence-corrected chi connectivity index (χ2v) is 6.11. The van der Waals surface area contributed by atoms with Crippen LogP contribution in [0.15, 0.2) is 48.5 Å². The molecule has 142 valence electrons. The lowest BCUT2D eigenvalue weighted by Gasteiger charge is -2.11. The van der Waals surface area contributed by atoms with Crippen LogP contribution in [0.5, 0.6) is 5.75 Å². The van der Waals surface area contributed by atoms with Crippen molar-refractivity contribution >= 4 is 22.9 Å². The number of ether oxygens (including phenoxy) is 1. The summed E-state index contributed by atoms with van der Waals surface area (Å²) in [6, 6.07) is 15.5. The molecule has 0 saturated heterocycles. The lowest BCUT2D eigenvalue weighted by molar-refractivity contribution is -0.121. The van der Waals surface area contributed by atoms with E-state index < -0.39 is 0 Å². The van der Waals surface area contributed by atoms with E-state index in [2.05, 4.69) is 15.6 Å². The molecule has 0 radical (unpaired) electrons. The van der Waals surface area contributed by atoms with Crippen LogP contribution in [0.2, 0.25) is 0 Å². The number of hydrogen-bond acceptors (Lipinski definition) is 5. The predicted octanol–water partition coefficient (Wildman–Crippen LogP) is 1.81. The first-order valence-electron chi connectivity index (χ1n) is 8.91. The summed E-state index contributed by atoms with van der Waals surface area (Å²) in [5.41, 5.74) is 2.82.